The molecule has 0 atom stereocenters. The zero-order chi connectivity index (χ0) is 13.5. The fourth-order valence-electron chi connectivity index (χ4n) is 1.52. The van der Waals surface area contributed by atoms with Crippen LogP contribution in [0.1, 0.15) is 18.9 Å². The molecule has 100 valence electrons. The number of hydrogen-bond acceptors (Lipinski definition) is 5. The summed E-state index contributed by atoms with van der Waals surface area (Å²) >= 11 is 1.93. The van der Waals surface area contributed by atoms with E-state index in [0.717, 1.165) is 17.6 Å². The fourth-order valence-corrected chi connectivity index (χ4v) is 2.39. The van der Waals surface area contributed by atoms with Gasteiger partial charge in [0.25, 0.3) is 5.56 Å². The van der Waals surface area contributed by atoms with Crippen molar-refractivity contribution in [1.82, 2.24) is 15.2 Å². The number of thioether (sulfide) groups is 1. The molecule has 5 nitrogen and oxygen atoms in total. The number of nitrogens with zero attached hydrogens (tertiary/aromatic N) is 2. The highest BCUT2D eigenvalue weighted by molar-refractivity contribution is 7.98. The van der Waals surface area contributed by atoms with Crippen LogP contribution in [-0.2, 0) is 5.75 Å². The third-order valence-electron chi connectivity index (χ3n) is 2.41. The minimum atomic E-state index is -0.273. The van der Waals surface area contributed by atoms with E-state index >= 15 is 0 Å². The van der Waals surface area contributed by atoms with Gasteiger partial charge in [-0.3, -0.25) is 9.78 Å². The monoisotopic (exact) mass is 276 g/mol. The molecular weight excluding hydrogens is 260 g/mol. The second-order valence-corrected chi connectivity index (χ2v) is 5.16. The Balaban J connectivity index is 1.96. The SMILES string of the molecule is CCCSCc1ccc(Nc2nncc(=O)[nH]2)cc1. The Labute approximate surface area is 115 Å². The molecule has 19 heavy (non-hydrogen) atoms. The van der Waals surface area contributed by atoms with Crippen LogP contribution in [0.15, 0.2) is 35.3 Å². The summed E-state index contributed by atoms with van der Waals surface area (Å²) in [6.07, 6.45) is 2.34. The molecule has 0 bridgehead atoms. The standard InChI is InChI=1S/C13H16N4OS/c1-2-7-19-9-10-3-5-11(6-4-10)15-13-16-12(18)8-14-17-13/h3-6,8H,2,7,9H2,1H3,(H2,15,16,17,18). The molecule has 2 N–H and O–H groups in total. The van der Waals surface area contributed by atoms with Crippen molar-refractivity contribution in [1.29, 1.82) is 0 Å². The first kappa shape index (κ1) is 13.6. The van der Waals surface area contributed by atoms with Crippen molar-refractivity contribution in [2.45, 2.75) is 19.1 Å². The molecule has 1 heterocycles. The third kappa shape index (κ3) is 4.40. The summed E-state index contributed by atoms with van der Waals surface area (Å²) in [5.74, 6) is 2.55. The summed E-state index contributed by atoms with van der Waals surface area (Å²) in [4.78, 5) is 13.6. The highest BCUT2D eigenvalue weighted by atomic mass is 32.2. The average Bonchev–Trinajstić information content (AvgIpc) is 2.41. The van der Waals surface area contributed by atoms with Gasteiger partial charge < -0.3 is 5.32 Å². The van der Waals surface area contributed by atoms with Crippen molar-refractivity contribution in [3.8, 4) is 0 Å². The Morgan fingerprint density at radius 3 is 2.79 bits per heavy atom. The summed E-state index contributed by atoms with van der Waals surface area (Å²) in [5, 5.41) is 10.4. The lowest BCUT2D eigenvalue weighted by Crippen LogP contribution is -2.10. The summed E-state index contributed by atoms with van der Waals surface area (Å²) in [5.41, 5.74) is 1.89. The second kappa shape index (κ2) is 6.94. The largest absolute Gasteiger partial charge is 0.324 e. The van der Waals surface area contributed by atoms with Crippen LogP contribution in [0.2, 0.25) is 0 Å². The van der Waals surface area contributed by atoms with Crippen molar-refractivity contribution < 1.29 is 0 Å². The summed E-state index contributed by atoms with van der Waals surface area (Å²) in [6, 6.07) is 8.07. The molecule has 0 aliphatic heterocycles. The fraction of sp³-hybridized carbons (Fsp3) is 0.308. The van der Waals surface area contributed by atoms with Crippen molar-refractivity contribution >= 4 is 23.4 Å². The van der Waals surface area contributed by atoms with Gasteiger partial charge in [0.2, 0.25) is 5.95 Å². The minimum Gasteiger partial charge on any atom is -0.324 e. The van der Waals surface area contributed by atoms with Crippen LogP contribution >= 0.6 is 11.8 Å². The predicted molar refractivity (Wildman–Crippen MR) is 78.8 cm³/mol. The molecule has 2 aromatic rings. The predicted octanol–water partition coefficient (Wildman–Crippen LogP) is 2.55. The number of rotatable bonds is 6. The van der Waals surface area contributed by atoms with Crippen LogP contribution in [0, 0.1) is 0 Å². The van der Waals surface area contributed by atoms with E-state index in [1.165, 1.54) is 17.7 Å². The molecule has 0 fully saturated rings. The molecule has 0 spiro atoms. The molecule has 2 rings (SSSR count). The molecule has 0 saturated carbocycles. The molecule has 0 aliphatic rings. The van der Waals surface area contributed by atoms with Gasteiger partial charge >= 0.3 is 0 Å². The van der Waals surface area contributed by atoms with Crippen LogP contribution in [0.3, 0.4) is 0 Å². The number of anilines is 2. The van der Waals surface area contributed by atoms with E-state index in [0.29, 0.717) is 5.95 Å². The Morgan fingerprint density at radius 1 is 1.32 bits per heavy atom. The summed E-state index contributed by atoms with van der Waals surface area (Å²) < 4.78 is 0. The van der Waals surface area contributed by atoms with Crippen molar-refractivity contribution in [3.05, 3.63) is 46.4 Å². The molecule has 0 radical (unpaired) electrons. The van der Waals surface area contributed by atoms with Crippen LogP contribution in [0.5, 0.6) is 0 Å². The minimum absolute atomic E-state index is 0.273. The first-order valence-electron chi connectivity index (χ1n) is 6.13. The highest BCUT2D eigenvalue weighted by Crippen LogP contribution is 2.17. The van der Waals surface area contributed by atoms with Gasteiger partial charge in [0.05, 0.1) is 0 Å². The quantitative estimate of drug-likeness (QED) is 0.793. The van der Waals surface area contributed by atoms with Gasteiger partial charge in [-0.2, -0.15) is 11.8 Å². The van der Waals surface area contributed by atoms with Crippen LogP contribution in [-0.4, -0.2) is 20.9 Å². The summed E-state index contributed by atoms with van der Waals surface area (Å²) in [7, 11) is 0. The molecule has 0 unspecified atom stereocenters. The summed E-state index contributed by atoms with van der Waals surface area (Å²) in [6.45, 7) is 2.18. The molecule has 6 heteroatoms. The Hall–Kier alpha value is -1.82. The molecule has 0 amide bonds. The van der Waals surface area contributed by atoms with Crippen molar-refractivity contribution in [2.24, 2.45) is 0 Å². The Morgan fingerprint density at radius 2 is 2.11 bits per heavy atom. The smallest absolute Gasteiger partial charge is 0.271 e. The van der Waals surface area contributed by atoms with Crippen molar-refractivity contribution in [3.63, 3.8) is 0 Å². The van der Waals surface area contributed by atoms with Crippen LogP contribution < -0.4 is 10.9 Å². The van der Waals surface area contributed by atoms with Gasteiger partial charge in [0.15, 0.2) is 0 Å². The molecule has 1 aromatic carbocycles. The first-order valence-corrected chi connectivity index (χ1v) is 7.29. The van der Waals surface area contributed by atoms with E-state index in [2.05, 4.69) is 39.6 Å². The van der Waals surface area contributed by atoms with E-state index < -0.39 is 0 Å². The number of aromatic amines is 1. The topological polar surface area (TPSA) is 70.7 Å². The lowest BCUT2D eigenvalue weighted by molar-refractivity contribution is 0.953. The third-order valence-corrected chi connectivity index (χ3v) is 3.64. The van der Waals surface area contributed by atoms with Crippen molar-refractivity contribution in [2.75, 3.05) is 11.1 Å². The van der Waals surface area contributed by atoms with Gasteiger partial charge in [-0.25, -0.2) is 0 Å². The maximum Gasteiger partial charge on any atom is 0.271 e. The molecule has 0 aliphatic carbocycles. The number of aromatic nitrogens is 3. The lowest BCUT2D eigenvalue weighted by Gasteiger charge is -2.05. The second-order valence-electron chi connectivity index (χ2n) is 4.06. The van der Waals surface area contributed by atoms with Gasteiger partial charge in [-0.1, -0.05) is 19.1 Å². The van der Waals surface area contributed by atoms with E-state index in [1.807, 2.05) is 23.9 Å². The van der Waals surface area contributed by atoms with E-state index in [1.54, 1.807) is 0 Å². The average molecular weight is 276 g/mol. The Kier molecular flexibility index (Phi) is 4.97. The molecular formula is C13H16N4OS. The zero-order valence-electron chi connectivity index (χ0n) is 10.7. The van der Waals surface area contributed by atoms with E-state index in [9.17, 15) is 4.79 Å². The van der Waals surface area contributed by atoms with Crippen LogP contribution in [0.25, 0.3) is 0 Å². The van der Waals surface area contributed by atoms with Gasteiger partial charge in [-0.15, -0.1) is 10.2 Å². The molecule has 0 saturated heterocycles. The van der Waals surface area contributed by atoms with Gasteiger partial charge in [0, 0.05) is 11.4 Å². The Bertz CT molecular complexity index is 567. The number of nitrogens with one attached hydrogen (secondary N) is 2. The normalized spacial score (nSPS) is 10.4. The number of H-pyrrole nitrogens is 1. The first-order chi connectivity index (χ1) is 9.28. The maximum absolute atomic E-state index is 11.1. The maximum atomic E-state index is 11.1. The lowest BCUT2D eigenvalue weighted by atomic mass is 10.2. The molecule has 1 aromatic heterocycles. The van der Waals surface area contributed by atoms with E-state index in [4.69, 9.17) is 0 Å². The van der Waals surface area contributed by atoms with Gasteiger partial charge in [-0.05, 0) is 29.9 Å². The number of benzene rings is 1. The highest BCUT2D eigenvalue weighted by Gasteiger charge is 1.98. The van der Waals surface area contributed by atoms with Gasteiger partial charge in [0.1, 0.15) is 6.20 Å². The zero-order valence-corrected chi connectivity index (χ0v) is 11.5. The van der Waals surface area contributed by atoms with Crippen LogP contribution in [0.4, 0.5) is 11.6 Å². The van der Waals surface area contributed by atoms with E-state index in [-0.39, 0.29) is 5.56 Å². The number of hydrogen-bond donors (Lipinski definition) is 2.